The monoisotopic (exact) mass is 318 g/mol. The highest BCUT2D eigenvalue weighted by Gasteiger charge is 2.32. The Bertz CT molecular complexity index is 556. The Kier molecular flexibility index (Phi) is 5.77. The van der Waals surface area contributed by atoms with Gasteiger partial charge in [-0.1, -0.05) is 13.8 Å². The molecule has 5 nitrogen and oxygen atoms in total. The topological polar surface area (TPSA) is 88.8 Å². The molecule has 0 heterocycles. The molecule has 1 aliphatic rings. The maximum atomic E-state index is 12.4. The fourth-order valence-corrected chi connectivity index (χ4v) is 3.33. The van der Waals surface area contributed by atoms with Crippen LogP contribution in [-0.2, 0) is 4.79 Å². The van der Waals surface area contributed by atoms with Crippen LogP contribution in [0, 0.1) is 11.8 Å². The summed E-state index contributed by atoms with van der Waals surface area (Å²) in [5.74, 6) is 0.877. The first-order valence-electron chi connectivity index (χ1n) is 8.44. The lowest BCUT2D eigenvalue weighted by Crippen LogP contribution is -2.97. The van der Waals surface area contributed by atoms with Crippen molar-refractivity contribution in [3.05, 3.63) is 29.8 Å². The maximum absolute atomic E-state index is 12.4. The summed E-state index contributed by atoms with van der Waals surface area (Å²) >= 11 is 0. The molecule has 1 aliphatic carbocycles. The number of hydrogen-bond acceptors (Lipinski definition) is 2. The number of hydrogen-bond donors (Lipinski definition) is 3. The zero-order valence-electron chi connectivity index (χ0n) is 14.2. The minimum atomic E-state index is -0.468. The van der Waals surface area contributed by atoms with E-state index in [2.05, 4.69) is 24.5 Å². The van der Waals surface area contributed by atoms with Crippen molar-refractivity contribution in [3.63, 3.8) is 0 Å². The summed E-state index contributed by atoms with van der Waals surface area (Å²) in [6.07, 6.45) is 3.71. The number of amides is 2. The molecular formula is C18H28N3O2+. The number of rotatable bonds is 5. The van der Waals surface area contributed by atoms with Gasteiger partial charge in [0.05, 0.1) is 6.04 Å². The van der Waals surface area contributed by atoms with Crippen LogP contribution in [0.25, 0.3) is 0 Å². The van der Waals surface area contributed by atoms with Crippen LogP contribution in [0.4, 0.5) is 5.69 Å². The highest BCUT2D eigenvalue weighted by molar-refractivity contribution is 5.95. The van der Waals surface area contributed by atoms with Gasteiger partial charge in [-0.3, -0.25) is 9.59 Å². The van der Waals surface area contributed by atoms with Crippen molar-refractivity contribution in [1.82, 2.24) is 0 Å². The van der Waals surface area contributed by atoms with Gasteiger partial charge in [0.25, 0.3) is 5.91 Å². The molecule has 1 fully saturated rings. The Morgan fingerprint density at radius 3 is 2.48 bits per heavy atom. The summed E-state index contributed by atoms with van der Waals surface area (Å²) in [6.45, 7) is 6.53. The molecule has 4 atom stereocenters. The molecule has 0 spiro atoms. The van der Waals surface area contributed by atoms with Crippen LogP contribution in [0.1, 0.15) is 50.4 Å². The number of carbonyl (C=O) groups is 2. The van der Waals surface area contributed by atoms with Crippen molar-refractivity contribution in [2.24, 2.45) is 17.6 Å². The van der Waals surface area contributed by atoms with Crippen LogP contribution in [0.5, 0.6) is 0 Å². The Balaban J connectivity index is 1.90. The van der Waals surface area contributed by atoms with Gasteiger partial charge in [0, 0.05) is 17.2 Å². The van der Waals surface area contributed by atoms with Gasteiger partial charge in [0.2, 0.25) is 5.91 Å². The molecular weight excluding hydrogens is 290 g/mol. The first-order chi connectivity index (χ1) is 10.9. The van der Waals surface area contributed by atoms with Gasteiger partial charge in [-0.25, -0.2) is 0 Å². The summed E-state index contributed by atoms with van der Waals surface area (Å²) < 4.78 is 0. The molecule has 2 rings (SSSR count). The Labute approximate surface area is 138 Å². The largest absolute Gasteiger partial charge is 0.366 e. The lowest BCUT2D eigenvalue weighted by Gasteiger charge is -2.33. The first-order valence-corrected chi connectivity index (χ1v) is 8.44. The summed E-state index contributed by atoms with van der Waals surface area (Å²) in [7, 11) is 0. The van der Waals surface area contributed by atoms with Crippen molar-refractivity contribution >= 4 is 17.5 Å². The number of nitrogens with two attached hydrogens (primary N) is 2. The van der Waals surface area contributed by atoms with Crippen LogP contribution < -0.4 is 16.4 Å². The van der Waals surface area contributed by atoms with E-state index < -0.39 is 5.91 Å². The van der Waals surface area contributed by atoms with Crippen molar-refractivity contribution in [1.29, 1.82) is 0 Å². The van der Waals surface area contributed by atoms with Gasteiger partial charge < -0.3 is 16.4 Å². The first kappa shape index (κ1) is 17.5. The average Bonchev–Trinajstić information content (AvgIpc) is 2.52. The third-order valence-corrected chi connectivity index (χ3v) is 5.16. The minimum absolute atomic E-state index is 0.0118. The molecule has 0 bridgehead atoms. The number of primary amides is 1. The molecule has 1 aromatic carbocycles. The second kappa shape index (κ2) is 7.59. The number of quaternary nitrogens is 1. The zero-order chi connectivity index (χ0) is 17.0. The van der Waals surface area contributed by atoms with E-state index in [-0.39, 0.29) is 11.9 Å². The molecule has 1 saturated carbocycles. The Morgan fingerprint density at radius 1 is 1.22 bits per heavy atom. The average molecular weight is 318 g/mol. The third kappa shape index (κ3) is 4.55. The van der Waals surface area contributed by atoms with Gasteiger partial charge in [-0.15, -0.1) is 0 Å². The standard InChI is InChI=1S/C18H27N3O2/c1-11-5-4-6-16(12(11)2)20-13(3)18(23)21-15-9-7-14(8-10-15)17(19)22/h7-13,16,20H,4-6H2,1-3H3,(H2,19,22)(H,21,23)/p+1/t11-,12-,13+,16-/m1/s1. The number of nitrogens with one attached hydrogen (secondary N) is 1. The van der Waals surface area contributed by atoms with E-state index in [0.29, 0.717) is 23.2 Å². The van der Waals surface area contributed by atoms with Crippen molar-refractivity contribution in [2.45, 2.75) is 52.1 Å². The molecule has 0 saturated heterocycles. The van der Waals surface area contributed by atoms with Gasteiger partial charge in [0.1, 0.15) is 0 Å². The van der Waals surface area contributed by atoms with Crippen LogP contribution in [-0.4, -0.2) is 23.9 Å². The SMILES string of the molecule is C[C@@H]1[C@H](C)CCC[C@H]1[NH2+][C@@H](C)C(=O)Nc1ccc(C(N)=O)cc1. The van der Waals surface area contributed by atoms with Crippen LogP contribution in [0.15, 0.2) is 24.3 Å². The summed E-state index contributed by atoms with van der Waals surface area (Å²) in [5, 5.41) is 5.10. The smallest absolute Gasteiger partial charge is 0.282 e. The molecule has 0 aromatic heterocycles. The molecule has 1 aromatic rings. The lowest BCUT2D eigenvalue weighted by atomic mass is 9.78. The number of anilines is 1. The summed E-state index contributed by atoms with van der Waals surface area (Å²) in [6, 6.07) is 7.03. The van der Waals surface area contributed by atoms with E-state index in [9.17, 15) is 9.59 Å². The molecule has 0 radical (unpaired) electrons. The molecule has 0 unspecified atom stereocenters. The number of benzene rings is 1. The van der Waals surface area contributed by atoms with Crippen LogP contribution >= 0.6 is 0 Å². The quantitative estimate of drug-likeness (QED) is 0.768. The molecule has 0 aliphatic heterocycles. The fraction of sp³-hybridized carbons (Fsp3) is 0.556. The normalized spacial score (nSPS) is 25.6. The Morgan fingerprint density at radius 2 is 1.87 bits per heavy atom. The molecule has 5 heteroatoms. The zero-order valence-corrected chi connectivity index (χ0v) is 14.2. The van der Waals surface area contributed by atoms with Crippen LogP contribution in [0.2, 0.25) is 0 Å². The van der Waals surface area contributed by atoms with Crippen molar-refractivity contribution < 1.29 is 14.9 Å². The van der Waals surface area contributed by atoms with Gasteiger partial charge in [-0.05, 0) is 56.4 Å². The van der Waals surface area contributed by atoms with Crippen LogP contribution in [0.3, 0.4) is 0 Å². The van der Waals surface area contributed by atoms with E-state index >= 15 is 0 Å². The second-order valence-electron chi connectivity index (χ2n) is 6.84. The lowest BCUT2D eigenvalue weighted by molar-refractivity contribution is -0.715. The molecule has 126 valence electrons. The maximum Gasteiger partial charge on any atom is 0.282 e. The van der Waals surface area contributed by atoms with E-state index in [1.165, 1.54) is 19.3 Å². The molecule has 2 amide bonds. The molecule has 5 N–H and O–H groups in total. The highest BCUT2D eigenvalue weighted by Crippen LogP contribution is 2.27. The highest BCUT2D eigenvalue weighted by atomic mass is 16.2. The predicted octanol–water partition coefficient (Wildman–Crippen LogP) is 1.50. The fourth-order valence-electron chi connectivity index (χ4n) is 3.33. The minimum Gasteiger partial charge on any atom is -0.366 e. The van der Waals surface area contributed by atoms with E-state index in [1.807, 2.05) is 6.92 Å². The second-order valence-corrected chi connectivity index (χ2v) is 6.84. The van der Waals surface area contributed by atoms with Crippen molar-refractivity contribution in [3.8, 4) is 0 Å². The van der Waals surface area contributed by atoms with Gasteiger partial charge in [-0.2, -0.15) is 0 Å². The Hall–Kier alpha value is -1.88. The van der Waals surface area contributed by atoms with E-state index in [0.717, 1.165) is 5.92 Å². The summed E-state index contributed by atoms with van der Waals surface area (Å²) in [5.41, 5.74) is 6.33. The van der Waals surface area contributed by atoms with Crippen molar-refractivity contribution in [2.75, 3.05) is 5.32 Å². The summed E-state index contributed by atoms with van der Waals surface area (Å²) in [4.78, 5) is 23.4. The predicted molar refractivity (Wildman–Crippen MR) is 90.9 cm³/mol. The number of carbonyl (C=O) groups excluding carboxylic acids is 2. The van der Waals surface area contributed by atoms with E-state index in [1.54, 1.807) is 24.3 Å². The molecule has 23 heavy (non-hydrogen) atoms. The van der Waals surface area contributed by atoms with Gasteiger partial charge in [0.15, 0.2) is 6.04 Å². The van der Waals surface area contributed by atoms with E-state index in [4.69, 9.17) is 5.73 Å². The van der Waals surface area contributed by atoms with Gasteiger partial charge >= 0.3 is 0 Å². The third-order valence-electron chi connectivity index (χ3n) is 5.16.